The molecule has 0 bridgehead atoms. The minimum Gasteiger partial charge on any atom is -0.384 e. The van der Waals surface area contributed by atoms with Gasteiger partial charge in [0.15, 0.2) is 5.84 Å². The zero-order valence-electron chi connectivity index (χ0n) is 19.7. The van der Waals surface area contributed by atoms with Crippen LogP contribution < -0.4 is 0 Å². The van der Waals surface area contributed by atoms with Gasteiger partial charge in [0.2, 0.25) is 5.84 Å². The summed E-state index contributed by atoms with van der Waals surface area (Å²) >= 11 is 0. The van der Waals surface area contributed by atoms with E-state index in [4.69, 9.17) is 4.74 Å². The lowest BCUT2D eigenvalue weighted by molar-refractivity contribution is -0.138. The van der Waals surface area contributed by atoms with E-state index >= 15 is 0 Å². The highest BCUT2D eigenvalue weighted by Crippen LogP contribution is 2.48. The smallest absolute Gasteiger partial charge is 0.384 e. The number of methoxy groups -OCH3 is 1. The molecule has 4 aliphatic rings. The molecule has 1 saturated heterocycles. The number of amides is 1. The number of amidine groups is 2. The normalized spacial score (nSPS) is 29.6. The van der Waals surface area contributed by atoms with Crippen molar-refractivity contribution in [1.29, 1.82) is 0 Å². The van der Waals surface area contributed by atoms with E-state index in [2.05, 4.69) is 21.1 Å². The lowest BCUT2D eigenvalue weighted by atomic mass is 9.91. The van der Waals surface area contributed by atoms with Crippen LogP contribution in [0.4, 0.5) is 13.2 Å². The summed E-state index contributed by atoms with van der Waals surface area (Å²) in [6.45, 7) is 1.69. The van der Waals surface area contributed by atoms with Crippen molar-refractivity contribution in [3.63, 3.8) is 0 Å². The fraction of sp³-hybridized carbons (Fsp3) is 0.538. The molecular formula is C26H29F3N4O2. The summed E-state index contributed by atoms with van der Waals surface area (Å²) in [5, 5.41) is 0. The van der Waals surface area contributed by atoms with E-state index in [-0.39, 0.29) is 35.5 Å². The van der Waals surface area contributed by atoms with Crippen LogP contribution in [0, 0.1) is 11.8 Å². The van der Waals surface area contributed by atoms with E-state index in [1.54, 1.807) is 30.4 Å². The molecule has 5 rings (SSSR count). The van der Waals surface area contributed by atoms with Crippen molar-refractivity contribution in [2.45, 2.75) is 50.2 Å². The highest BCUT2D eigenvalue weighted by Gasteiger charge is 2.46. The Morgan fingerprint density at radius 1 is 1.17 bits per heavy atom. The molecule has 2 unspecified atom stereocenters. The van der Waals surface area contributed by atoms with E-state index in [9.17, 15) is 18.0 Å². The molecular weight excluding hydrogens is 457 g/mol. The molecule has 2 fully saturated rings. The van der Waals surface area contributed by atoms with Gasteiger partial charge in [-0.05, 0) is 67.1 Å². The maximum atomic E-state index is 13.5. The van der Waals surface area contributed by atoms with E-state index in [1.165, 1.54) is 12.1 Å². The molecule has 1 amide bonds. The molecule has 0 N–H and O–H groups in total. The first kappa shape index (κ1) is 23.9. The highest BCUT2D eigenvalue weighted by atomic mass is 19.4. The number of hydrogen-bond acceptors (Lipinski definition) is 5. The highest BCUT2D eigenvalue weighted by molar-refractivity contribution is 6.41. The first-order valence-corrected chi connectivity index (χ1v) is 12.2. The molecule has 0 spiro atoms. The number of alkyl halides is 3. The van der Waals surface area contributed by atoms with E-state index in [1.807, 2.05) is 0 Å². The van der Waals surface area contributed by atoms with E-state index in [0.29, 0.717) is 43.9 Å². The van der Waals surface area contributed by atoms with Gasteiger partial charge in [-0.25, -0.2) is 9.98 Å². The number of hydrogen-bond donors (Lipinski definition) is 0. The summed E-state index contributed by atoms with van der Waals surface area (Å²) in [4.78, 5) is 28.5. The Kier molecular flexibility index (Phi) is 6.61. The average Bonchev–Trinajstić information content (AvgIpc) is 3.51. The fourth-order valence-electron chi connectivity index (χ4n) is 5.82. The minimum absolute atomic E-state index is 0.131. The minimum atomic E-state index is -4.35. The fourth-order valence-corrected chi connectivity index (χ4v) is 5.82. The summed E-state index contributed by atoms with van der Waals surface area (Å²) in [5.41, 5.74) is 0.928. The molecule has 3 heterocycles. The lowest BCUT2D eigenvalue weighted by Gasteiger charge is -2.21. The largest absolute Gasteiger partial charge is 0.416 e. The maximum absolute atomic E-state index is 13.5. The van der Waals surface area contributed by atoms with Crippen molar-refractivity contribution in [2.24, 2.45) is 26.8 Å². The number of likely N-dealkylation sites (tertiary alicyclic amines) is 1. The summed E-state index contributed by atoms with van der Waals surface area (Å²) in [5.74, 6) is 0.821. The van der Waals surface area contributed by atoms with Crippen LogP contribution in [0.2, 0.25) is 0 Å². The third-order valence-electron chi connectivity index (χ3n) is 7.54. The third kappa shape index (κ3) is 4.96. The molecule has 1 aliphatic carbocycles. The van der Waals surface area contributed by atoms with Crippen LogP contribution in [0.1, 0.15) is 49.1 Å². The number of carbonyl (C=O) groups excluding carboxylic acids is 1. The first-order chi connectivity index (χ1) is 16.8. The van der Waals surface area contributed by atoms with E-state index < -0.39 is 11.7 Å². The third-order valence-corrected chi connectivity index (χ3v) is 7.54. The average molecular weight is 487 g/mol. The molecule has 9 heteroatoms. The number of rotatable bonds is 5. The van der Waals surface area contributed by atoms with Crippen molar-refractivity contribution < 1.29 is 22.7 Å². The Hall–Kier alpha value is -2.81. The van der Waals surface area contributed by atoms with Crippen molar-refractivity contribution >= 4 is 23.8 Å². The predicted molar refractivity (Wildman–Crippen MR) is 128 cm³/mol. The molecule has 35 heavy (non-hydrogen) atoms. The second-order valence-corrected chi connectivity index (χ2v) is 9.78. The molecule has 3 aliphatic heterocycles. The SMILES string of the molecule is COCC/C1=C/CCC2N=C(C(=O)N3C[C@H]4CC(c5ccccc5C(F)(F)F)C[C@H]4C3)N=C2N=C1. The van der Waals surface area contributed by atoms with Crippen molar-refractivity contribution in [2.75, 3.05) is 26.8 Å². The van der Waals surface area contributed by atoms with Gasteiger partial charge in [0.25, 0.3) is 5.91 Å². The molecule has 0 radical (unpaired) electrons. The van der Waals surface area contributed by atoms with Crippen LogP contribution in [-0.4, -0.2) is 61.5 Å². The number of carbonyl (C=O) groups is 1. The molecule has 6 nitrogen and oxygen atoms in total. The monoisotopic (exact) mass is 486 g/mol. The van der Waals surface area contributed by atoms with Crippen molar-refractivity contribution in [3.05, 3.63) is 47.0 Å². The predicted octanol–water partition coefficient (Wildman–Crippen LogP) is 4.66. The molecule has 1 aromatic rings. The van der Waals surface area contributed by atoms with Crippen LogP contribution in [-0.2, 0) is 15.7 Å². The topological polar surface area (TPSA) is 66.6 Å². The summed E-state index contributed by atoms with van der Waals surface area (Å²) in [6.07, 6.45) is 3.22. The Bertz CT molecular complexity index is 1090. The van der Waals surface area contributed by atoms with Crippen LogP contribution in [0.25, 0.3) is 0 Å². The van der Waals surface area contributed by atoms with E-state index in [0.717, 1.165) is 24.8 Å². The molecule has 1 saturated carbocycles. The number of ether oxygens (including phenoxy) is 1. The standard InChI is InChI=1S/C26H29F3N4O2/c1-35-10-9-16-5-4-8-22-23(30-13-16)32-24(31-22)25(34)33-14-18-11-17(12-19(18)15-33)20-6-2-3-7-21(20)26(27,28)29/h2-3,5-7,13,17-19,22H,4,8-12,14-15H2,1H3/b16-5-,30-13?/t17?,18-,19+,22?. The lowest BCUT2D eigenvalue weighted by Crippen LogP contribution is -2.34. The van der Waals surface area contributed by atoms with Gasteiger partial charge in [-0.15, -0.1) is 0 Å². The van der Waals surface area contributed by atoms with Crippen molar-refractivity contribution in [3.8, 4) is 0 Å². The summed E-state index contributed by atoms with van der Waals surface area (Å²) < 4.78 is 45.6. The number of nitrogens with zero attached hydrogens (tertiary/aromatic N) is 4. The van der Waals surface area contributed by atoms with Gasteiger partial charge < -0.3 is 9.64 Å². The van der Waals surface area contributed by atoms with Gasteiger partial charge in [0, 0.05) is 26.4 Å². The van der Waals surface area contributed by atoms with Crippen LogP contribution in [0.5, 0.6) is 0 Å². The van der Waals surface area contributed by atoms with Crippen LogP contribution in [0.3, 0.4) is 0 Å². The maximum Gasteiger partial charge on any atom is 0.416 e. The molecule has 4 atom stereocenters. The number of benzene rings is 1. The van der Waals surface area contributed by atoms with Gasteiger partial charge in [-0.2, -0.15) is 13.2 Å². The van der Waals surface area contributed by atoms with Gasteiger partial charge >= 0.3 is 6.18 Å². The first-order valence-electron chi connectivity index (χ1n) is 12.2. The Morgan fingerprint density at radius 3 is 2.63 bits per heavy atom. The van der Waals surface area contributed by atoms with Gasteiger partial charge in [-0.1, -0.05) is 24.3 Å². The second-order valence-electron chi connectivity index (χ2n) is 9.78. The van der Waals surface area contributed by atoms with Crippen LogP contribution >= 0.6 is 0 Å². The molecule has 1 aromatic carbocycles. The number of aliphatic imine (C=N–C) groups is 3. The number of allylic oxidation sites excluding steroid dienone is 1. The zero-order valence-corrected chi connectivity index (χ0v) is 19.7. The molecule has 186 valence electrons. The second kappa shape index (κ2) is 9.68. The summed E-state index contributed by atoms with van der Waals surface area (Å²) in [7, 11) is 1.66. The van der Waals surface area contributed by atoms with Gasteiger partial charge in [-0.3, -0.25) is 9.79 Å². The van der Waals surface area contributed by atoms with Gasteiger partial charge in [0.1, 0.15) is 6.04 Å². The number of halogens is 3. The quantitative estimate of drug-likeness (QED) is 0.608. The Labute approximate surface area is 202 Å². The van der Waals surface area contributed by atoms with Crippen LogP contribution in [0.15, 0.2) is 50.9 Å². The Balaban J connectivity index is 1.23. The molecule has 0 aromatic heterocycles. The summed E-state index contributed by atoms with van der Waals surface area (Å²) in [6, 6.07) is 5.67. The van der Waals surface area contributed by atoms with Crippen molar-refractivity contribution in [1.82, 2.24) is 4.90 Å². The number of fused-ring (bicyclic) bond motifs is 2. The van der Waals surface area contributed by atoms with Gasteiger partial charge in [0.05, 0.1) is 12.2 Å². The Morgan fingerprint density at radius 2 is 1.91 bits per heavy atom. The zero-order chi connectivity index (χ0) is 24.6.